The molecule has 5 heteroatoms. The highest BCUT2D eigenvalue weighted by Gasteiger charge is 2.27. The molecule has 1 heterocycles. The number of aromatic nitrogens is 1. The first-order chi connectivity index (χ1) is 5.55. The number of aliphatic hydroxyl groups excluding tert-OH is 1. The minimum absolute atomic E-state index is 0.183. The quantitative estimate of drug-likeness (QED) is 0.746. The van der Waals surface area contributed by atoms with E-state index in [2.05, 4.69) is 4.98 Å². The summed E-state index contributed by atoms with van der Waals surface area (Å²) in [6.07, 6.45) is 1.51. The number of hydrogen-bond acceptors (Lipinski definition) is 2. The lowest BCUT2D eigenvalue weighted by molar-refractivity contribution is 0.280. The molecule has 0 saturated heterocycles. The van der Waals surface area contributed by atoms with Gasteiger partial charge in [0, 0.05) is 11.8 Å². The lowest BCUT2D eigenvalue weighted by Gasteiger charge is -2.12. The van der Waals surface area contributed by atoms with Crippen molar-refractivity contribution < 1.29 is 5.11 Å². The summed E-state index contributed by atoms with van der Waals surface area (Å²) in [5, 5.41) is 8.87. The van der Waals surface area contributed by atoms with E-state index in [0.29, 0.717) is 5.56 Å². The second-order valence-corrected chi connectivity index (χ2v) is 4.45. The molecule has 0 aliphatic heterocycles. The summed E-state index contributed by atoms with van der Waals surface area (Å²) in [6.45, 7) is -0.183. The van der Waals surface area contributed by atoms with Gasteiger partial charge in [-0.2, -0.15) is 0 Å². The first-order valence-corrected chi connectivity index (χ1v) is 4.31. The van der Waals surface area contributed by atoms with Gasteiger partial charge in [0.2, 0.25) is 3.79 Å². The molecule has 0 radical (unpaired) electrons. The molecule has 0 amide bonds. The Bertz CT molecular complexity index is 272. The van der Waals surface area contributed by atoms with Gasteiger partial charge in [-0.3, -0.25) is 4.98 Å². The fourth-order valence-electron chi connectivity index (χ4n) is 0.821. The summed E-state index contributed by atoms with van der Waals surface area (Å²) in [5.74, 6) is 0. The van der Waals surface area contributed by atoms with Crippen molar-refractivity contribution in [3.8, 4) is 0 Å². The number of hydrogen-bond donors (Lipinski definition) is 1. The smallest absolute Gasteiger partial charge is 0.232 e. The number of nitrogens with zero attached hydrogens (tertiary/aromatic N) is 1. The van der Waals surface area contributed by atoms with Gasteiger partial charge >= 0.3 is 0 Å². The molecule has 1 rings (SSSR count). The van der Waals surface area contributed by atoms with Crippen LogP contribution in [0.5, 0.6) is 0 Å². The number of rotatable bonds is 1. The number of alkyl halides is 3. The summed E-state index contributed by atoms with van der Waals surface area (Å²) in [5.41, 5.74) is 0.801. The molecule has 66 valence electrons. The standard InChI is InChI=1S/C7H6Cl3NO/c8-7(9,10)6-5(4-12)2-1-3-11-6/h1-3,12H,4H2. The lowest BCUT2D eigenvalue weighted by atomic mass is 10.2. The molecule has 0 aromatic carbocycles. The van der Waals surface area contributed by atoms with Crippen LogP contribution in [-0.2, 0) is 10.4 Å². The summed E-state index contributed by atoms with van der Waals surface area (Å²) in [4.78, 5) is 3.86. The Morgan fingerprint density at radius 3 is 2.50 bits per heavy atom. The largest absolute Gasteiger partial charge is 0.392 e. The van der Waals surface area contributed by atoms with E-state index >= 15 is 0 Å². The minimum Gasteiger partial charge on any atom is -0.392 e. The Balaban J connectivity index is 3.14. The molecule has 0 aliphatic carbocycles. The predicted octanol–water partition coefficient (Wildman–Crippen LogP) is 2.40. The van der Waals surface area contributed by atoms with Crippen LogP contribution in [-0.4, -0.2) is 10.1 Å². The predicted molar refractivity (Wildman–Crippen MR) is 49.4 cm³/mol. The van der Waals surface area contributed by atoms with Crippen molar-refractivity contribution in [3.05, 3.63) is 29.6 Å². The van der Waals surface area contributed by atoms with Crippen LogP contribution in [0.3, 0.4) is 0 Å². The zero-order valence-electron chi connectivity index (χ0n) is 5.97. The van der Waals surface area contributed by atoms with Crippen molar-refractivity contribution in [2.45, 2.75) is 10.4 Å². The average molecular weight is 226 g/mol. The zero-order valence-corrected chi connectivity index (χ0v) is 8.24. The van der Waals surface area contributed by atoms with Crippen LogP contribution >= 0.6 is 34.8 Å². The third-order valence-electron chi connectivity index (χ3n) is 1.33. The van der Waals surface area contributed by atoms with Crippen molar-refractivity contribution in [3.63, 3.8) is 0 Å². The second kappa shape index (κ2) is 3.79. The van der Waals surface area contributed by atoms with Gasteiger partial charge in [0.1, 0.15) is 0 Å². The molecule has 0 aliphatic rings. The lowest BCUT2D eigenvalue weighted by Crippen LogP contribution is -2.07. The van der Waals surface area contributed by atoms with Gasteiger partial charge in [0.25, 0.3) is 0 Å². The topological polar surface area (TPSA) is 33.1 Å². The molecular weight excluding hydrogens is 220 g/mol. The highest BCUT2D eigenvalue weighted by Crippen LogP contribution is 2.38. The van der Waals surface area contributed by atoms with E-state index in [1.807, 2.05) is 0 Å². The SMILES string of the molecule is OCc1cccnc1C(Cl)(Cl)Cl. The summed E-state index contributed by atoms with van der Waals surface area (Å²) >= 11 is 16.8. The van der Waals surface area contributed by atoms with E-state index in [1.165, 1.54) is 6.20 Å². The molecule has 1 aromatic heterocycles. The van der Waals surface area contributed by atoms with E-state index in [0.717, 1.165) is 0 Å². The van der Waals surface area contributed by atoms with Crippen LogP contribution in [0.15, 0.2) is 18.3 Å². The molecular formula is C7H6Cl3NO. The van der Waals surface area contributed by atoms with E-state index in [1.54, 1.807) is 12.1 Å². The fraction of sp³-hybridized carbons (Fsp3) is 0.286. The van der Waals surface area contributed by atoms with E-state index in [4.69, 9.17) is 39.9 Å². The normalized spacial score (nSPS) is 11.7. The van der Waals surface area contributed by atoms with Crippen LogP contribution < -0.4 is 0 Å². The maximum Gasteiger partial charge on any atom is 0.232 e. The molecule has 0 unspecified atom stereocenters. The first-order valence-electron chi connectivity index (χ1n) is 3.17. The van der Waals surface area contributed by atoms with Crippen LogP contribution in [0.4, 0.5) is 0 Å². The molecule has 0 bridgehead atoms. The zero-order chi connectivity index (χ0) is 9.19. The van der Waals surface area contributed by atoms with Crippen molar-refractivity contribution in [1.82, 2.24) is 4.98 Å². The Hall–Kier alpha value is -0.0200. The van der Waals surface area contributed by atoms with Gasteiger partial charge in [-0.05, 0) is 6.07 Å². The summed E-state index contributed by atoms with van der Waals surface area (Å²) in [7, 11) is 0. The molecule has 1 aromatic rings. The van der Waals surface area contributed by atoms with Crippen molar-refractivity contribution in [2.75, 3.05) is 0 Å². The van der Waals surface area contributed by atoms with E-state index < -0.39 is 3.79 Å². The molecule has 0 saturated carbocycles. The molecule has 0 fully saturated rings. The Labute approximate surface area is 85.1 Å². The number of aliphatic hydroxyl groups is 1. The first kappa shape index (κ1) is 10.1. The van der Waals surface area contributed by atoms with E-state index in [-0.39, 0.29) is 12.3 Å². The monoisotopic (exact) mass is 225 g/mol. The minimum atomic E-state index is -1.57. The molecule has 1 N–H and O–H groups in total. The Kier molecular flexibility index (Phi) is 3.18. The highest BCUT2D eigenvalue weighted by atomic mass is 35.6. The van der Waals surface area contributed by atoms with Crippen LogP contribution in [0.2, 0.25) is 0 Å². The van der Waals surface area contributed by atoms with Gasteiger partial charge in [-0.25, -0.2) is 0 Å². The summed E-state index contributed by atoms with van der Waals surface area (Å²) in [6, 6.07) is 3.33. The van der Waals surface area contributed by atoms with Crippen molar-refractivity contribution in [2.24, 2.45) is 0 Å². The third kappa shape index (κ3) is 2.23. The van der Waals surface area contributed by atoms with Crippen LogP contribution in [0.25, 0.3) is 0 Å². The van der Waals surface area contributed by atoms with Crippen LogP contribution in [0, 0.1) is 0 Å². The molecule has 0 spiro atoms. The van der Waals surface area contributed by atoms with E-state index in [9.17, 15) is 0 Å². The number of pyridine rings is 1. The van der Waals surface area contributed by atoms with Gasteiger partial charge in [-0.15, -0.1) is 0 Å². The third-order valence-corrected chi connectivity index (χ3v) is 1.87. The maximum atomic E-state index is 8.87. The molecule has 0 atom stereocenters. The second-order valence-electron chi connectivity index (χ2n) is 2.17. The molecule has 12 heavy (non-hydrogen) atoms. The van der Waals surface area contributed by atoms with Gasteiger partial charge in [-0.1, -0.05) is 40.9 Å². The van der Waals surface area contributed by atoms with Gasteiger partial charge in [0.15, 0.2) is 0 Å². The highest BCUT2D eigenvalue weighted by molar-refractivity contribution is 6.66. The van der Waals surface area contributed by atoms with Crippen molar-refractivity contribution >= 4 is 34.8 Å². The Morgan fingerprint density at radius 1 is 1.42 bits per heavy atom. The van der Waals surface area contributed by atoms with Gasteiger partial charge in [0.05, 0.1) is 12.3 Å². The molecule has 2 nitrogen and oxygen atoms in total. The van der Waals surface area contributed by atoms with Crippen LogP contribution in [0.1, 0.15) is 11.3 Å². The fourth-order valence-corrected chi connectivity index (χ4v) is 1.33. The number of halogens is 3. The maximum absolute atomic E-state index is 8.87. The van der Waals surface area contributed by atoms with Gasteiger partial charge < -0.3 is 5.11 Å². The Morgan fingerprint density at radius 2 is 2.08 bits per heavy atom. The summed E-state index contributed by atoms with van der Waals surface area (Å²) < 4.78 is -1.57. The van der Waals surface area contributed by atoms with Crippen molar-refractivity contribution in [1.29, 1.82) is 0 Å². The average Bonchev–Trinajstić information content (AvgIpc) is 2.03.